The highest BCUT2D eigenvalue weighted by molar-refractivity contribution is 6.05. The Kier molecular flexibility index (Phi) is 14.6. The van der Waals surface area contributed by atoms with Gasteiger partial charge in [-0.2, -0.15) is 10.2 Å². The second kappa shape index (κ2) is 20.6. The van der Waals surface area contributed by atoms with E-state index in [0.717, 1.165) is 50.6 Å². The number of aryl methyl sites for hydroxylation is 2. The minimum Gasteiger partial charge on any atom is -0.389 e. The van der Waals surface area contributed by atoms with E-state index in [9.17, 15) is 28.3 Å². The molecule has 334 valence electrons. The Morgan fingerprint density at radius 3 is 1.91 bits per heavy atom. The van der Waals surface area contributed by atoms with Crippen molar-refractivity contribution in [1.29, 1.82) is 0 Å². The number of nitrogens with one attached hydrogen (secondary N) is 3. The van der Waals surface area contributed by atoms with Crippen molar-refractivity contribution in [3.8, 4) is 22.3 Å². The first-order chi connectivity index (χ1) is 30.8. The molecule has 18 heteroatoms. The highest BCUT2D eigenvalue weighted by Crippen LogP contribution is 2.29. The van der Waals surface area contributed by atoms with Crippen LogP contribution >= 0.6 is 0 Å². The maximum atomic E-state index is 13.7. The maximum Gasteiger partial charge on any atom is 0.275 e. The molecule has 2 fully saturated rings. The van der Waals surface area contributed by atoms with E-state index in [1.807, 2.05) is 4.90 Å². The number of amides is 1. The highest BCUT2D eigenvalue weighted by atomic mass is 19.1. The van der Waals surface area contributed by atoms with Crippen molar-refractivity contribution in [1.82, 2.24) is 49.7 Å². The van der Waals surface area contributed by atoms with E-state index < -0.39 is 12.1 Å². The number of aliphatic hydroxyl groups excluding tert-OH is 1. The topological polar surface area (TPSA) is 198 Å². The van der Waals surface area contributed by atoms with Crippen LogP contribution in [0.15, 0.2) is 85.7 Å². The Balaban J connectivity index is 0.000000191. The molecule has 6 heterocycles. The van der Waals surface area contributed by atoms with E-state index in [2.05, 4.69) is 46.1 Å². The van der Waals surface area contributed by atoms with E-state index in [1.165, 1.54) is 43.6 Å². The fourth-order valence-electron chi connectivity index (χ4n) is 7.85. The van der Waals surface area contributed by atoms with E-state index in [1.54, 1.807) is 79.4 Å². The monoisotopic (exact) mass is 874 g/mol. The molecule has 3 unspecified atom stereocenters. The summed E-state index contributed by atoms with van der Waals surface area (Å²) < 4.78 is 30.0. The van der Waals surface area contributed by atoms with Crippen LogP contribution in [0.25, 0.3) is 22.3 Å². The minimum absolute atomic E-state index is 0.0284. The SMILES string of the molecule is CC(=O)c1cnc(N[C@H](C(=O)c2nn(C)cc2-c2ccc(F)cc2)C2CCCCN2)nc1.CC(O)c1cnc(NCC2CCCCN2C(=O)c2nn(C)cc2-c2ccc(F)cc2)nc1. The van der Waals surface area contributed by atoms with Crippen molar-refractivity contribution >= 4 is 29.4 Å². The number of aliphatic hydroxyl groups is 1. The second-order valence-electron chi connectivity index (χ2n) is 16.1. The lowest BCUT2D eigenvalue weighted by Gasteiger charge is -2.35. The highest BCUT2D eigenvalue weighted by Gasteiger charge is 2.34. The van der Waals surface area contributed by atoms with Gasteiger partial charge in [0.15, 0.2) is 11.5 Å². The molecule has 0 bridgehead atoms. The number of Topliss-reactive ketones (excluding diaryl/α,β-unsaturated/α-hetero) is 2. The van der Waals surface area contributed by atoms with Crippen molar-refractivity contribution in [2.75, 3.05) is 30.3 Å². The predicted octanol–water partition coefficient (Wildman–Crippen LogP) is 6.20. The molecule has 64 heavy (non-hydrogen) atoms. The number of anilines is 2. The quantitative estimate of drug-likeness (QED) is 0.0958. The fraction of sp³-hybridized carbons (Fsp3) is 0.370. The van der Waals surface area contributed by atoms with Gasteiger partial charge in [0.25, 0.3) is 5.91 Å². The summed E-state index contributed by atoms with van der Waals surface area (Å²) in [5, 5.41) is 28.2. The third-order valence-corrected chi connectivity index (χ3v) is 11.3. The minimum atomic E-state index is -0.660. The number of hydrogen-bond donors (Lipinski definition) is 4. The van der Waals surface area contributed by atoms with Crippen molar-refractivity contribution in [2.24, 2.45) is 14.1 Å². The number of halogens is 2. The van der Waals surface area contributed by atoms with E-state index >= 15 is 0 Å². The van der Waals surface area contributed by atoms with E-state index in [4.69, 9.17) is 0 Å². The van der Waals surface area contributed by atoms with Gasteiger partial charge in [-0.25, -0.2) is 28.7 Å². The molecular weight excluding hydrogens is 823 g/mol. The summed E-state index contributed by atoms with van der Waals surface area (Å²) in [4.78, 5) is 57.5. The molecule has 2 aromatic carbocycles. The van der Waals surface area contributed by atoms with Crippen LogP contribution in [0.1, 0.15) is 95.4 Å². The second-order valence-corrected chi connectivity index (χ2v) is 16.1. The van der Waals surface area contributed by atoms with Crippen LogP contribution in [-0.2, 0) is 14.1 Å². The molecule has 2 aliphatic heterocycles. The summed E-state index contributed by atoms with van der Waals surface area (Å²) in [6.45, 7) is 5.08. The van der Waals surface area contributed by atoms with Crippen LogP contribution in [0.3, 0.4) is 0 Å². The fourth-order valence-corrected chi connectivity index (χ4v) is 7.85. The van der Waals surface area contributed by atoms with E-state index in [-0.39, 0.29) is 47.1 Å². The number of piperidine rings is 2. The van der Waals surface area contributed by atoms with Gasteiger partial charge in [0.2, 0.25) is 17.7 Å². The Bertz CT molecular complexity index is 2520. The maximum absolute atomic E-state index is 13.7. The van der Waals surface area contributed by atoms with Crippen LogP contribution in [-0.4, -0.2) is 105 Å². The molecule has 0 aliphatic carbocycles. The number of benzene rings is 2. The largest absolute Gasteiger partial charge is 0.389 e. The van der Waals surface area contributed by atoms with Gasteiger partial charge in [-0.1, -0.05) is 30.7 Å². The summed E-state index contributed by atoms with van der Waals surface area (Å²) in [5.41, 5.74) is 4.49. The zero-order chi connectivity index (χ0) is 45.3. The molecule has 0 spiro atoms. The molecular formula is C46H52F2N12O4. The predicted molar refractivity (Wildman–Crippen MR) is 236 cm³/mol. The average Bonchev–Trinajstić information content (AvgIpc) is 3.90. The van der Waals surface area contributed by atoms with Crippen molar-refractivity contribution < 1.29 is 28.3 Å². The van der Waals surface area contributed by atoms with Gasteiger partial charge in [-0.3, -0.25) is 23.7 Å². The average molecular weight is 875 g/mol. The van der Waals surface area contributed by atoms with Crippen LogP contribution in [0.4, 0.5) is 20.7 Å². The van der Waals surface area contributed by atoms with Crippen molar-refractivity contribution in [3.63, 3.8) is 0 Å². The normalized spacial score (nSPS) is 17.1. The zero-order valence-electron chi connectivity index (χ0n) is 36.2. The third kappa shape index (κ3) is 11.0. The first kappa shape index (κ1) is 45.2. The number of carbonyl (C=O) groups excluding carboxylic acids is 3. The Labute approximate surface area is 369 Å². The van der Waals surface area contributed by atoms with Gasteiger partial charge in [0, 0.05) is 93.1 Å². The lowest BCUT2D eigenvalue weighted by atomic mass is 9.92. The summed E-state index contributed by atoms with van der Waals surface area (Å²) in [7, 11) is 3.52. The van der Waals surface area contributed by atoms with Gasteiger partial charge < -0.3 is 26.0 Å². The first-order valence-electron chi connectivity index (χ1n) is 21.4. The summed E-state index contributed by atoms with van der Waals surface area (Å²) in [6, 6.07) is 11.3. The Morgan fingerprint density at radius 1 is 0.781 bits per heavy atom. The van der Waals surface area contributed by atoms with Gasteiger partial charge in [-0.15, -0.1) is 0 Å². The first-order valence-corrected chi connectivity index (χ1v) is 21.4. The van der Waals surface area contributed by atoms with Crippen molar-refractivity contribution in [3.05, 3.63) is 120 Å². The number of likely N-dealkylation sites (tertiary alicyclic amines) is 1. The molecule has 16 nitrogen and oxygen atoms in total. The standard InChI is InChI=1S/C23H27FN6O2.C23H25FN6O2/c1-15(31)17-11-25-23(26-12-17)27-13-19-5-3-4-10-30(19)22(32)21-20(14-29(2)28-21)16-6-8-18(24)9-7-16;1-14(31)16-11-26-23(27-12-16)28-21(19-5-3-4-10-25-19)22(32)20-18(13-30(2)29-20)15-6-8-17(24)9-7-15/h6-9,11-12,14-15,19,31H,3-5,10,13H2,1-2H3,(H,25,26,27);6-9,11-13,19,21,25H,3-5,10H2,1-2H3,(H,26,27,28)/t;19?,21-/m.0/s1. The van der Waals surface area contributed by atoms with Crippen LogP contribution in [0.2, 0.25) is 0 Å². The molecule has 6 aromatic rings. The third-order valence-electron chi connectivity index (χ3n) is 11.3. The lowest BCUT2D eigenvalue weighted by Crippen LogP contribution is -2.51. The van der Waals surface area contributed by atoms with Crippen molar-refractivity contribution in [2.45, 2.75) is 76.6 Å². The summed E-state index contributed by atoms with van der Waals surface area (Å²) >= 11 is 0. The molecule has 1 amide bonds. The number of aromatic nitrogens is 8. The smallest absolute Gasteiger partial charge is 0.275 e. The molecule has 4 atom stereocenters. The van der Waals surface area contributed by atoms with E-state index in [0.29, 0.717) is 58.2 Å². The number of hydrogen-bond acceptors (Lipinski definition) is 13. The Morgan fingerprint density at radius 2 is 1.34 bits per heavy atom. The molecule has 4 N–H and O–H groups in total. The lowest BCUT2D eigenvalue weighted by molar-refractivity contribution is 0.0621. The molecule has 2 saturated heterocycles. The zero-order valence-corrected chi connectivity index (χ0v) is 36.2. The van der Waals surface area contributed by atoms with Crippen LogP contribution in [0.5, 0.6) is 0 Å². The molecule has 8 rings (SSSR count). The molecule has 0 radical (unpaired) electrons. The number of nitrogens with zero attached hydrogens (tertiary/aromatic N) is 9. The Hall–Kier alpha value is -6.79. The van der Waals surface area contributed by atoms with Gasteiger partial charge in [0.1, 0.15) is 23.4 Å². The van der Waals surface area contributed by atoms with Gasteiger partial charge >= 0.3 is 0 Å². The molecule has 4 aromatic heterocycles. The van der Waals surface area contributed by atoms with Crippen LogP contribution in [0, 0.1) is 11.6 Å². The molecule has 0 saturated carbocycles. The summed E-state index contributed by atoms with van der Waals surface area (Å²) in [6.07, 6.45) is 14.7. The number of carbonyl (C=O) groups is 3. The summed E-state index contributed by atoms with van der Waals surface area (Å²) in [5.74, 6) is -0.419. The number of rotatable bonds is 13. The molecule has 2 aliphatic rings. The van der Waals surface area contributed by atoms with Crippen LogP contribution < -0.4 is 16.0 Å². The van der Waals surface area contributed by atoms with Gasteiger partial charge in [0.05, 0.1) is 11.7 Å². The number of ketones is 2. The van der Waals surface area contributed by atoms with Gasteiger partial charge in [-0.05, 0) is 87.9 Å².